The number of esters is 4. The van der Waals surface area contributed by atoms with Crippen LogP contribution in [0.25, 0.3) is 0 Å². The molecule has 1 aromatic carbocycles. The van der Waals surface area contributed by atoms with Gasteiger partial charge in [0, 0.05) is 39.8 Å². The van der Waals surface area contributed by atoms with E-state index in [4.69, 9.17) is 28.4 Å². The van der Waals surface area contributed by atoms with Gasteiger partial charge in [0.2, 0.25) is 12.4 Å². The van der Waals surface area contributed by atoms with E-state index in [2.05, 4.69) is 0 Å². The van der Waals surface area contributed by atoms with E-state index in [9.17, 15) is 29.3 Å². The van der Waals surface area contributed by atoms with Crippen LogP contribution in [0.3, 0.4) is 0 Å². The van der Waals surface area contributed by atoms with Crippen molar-refractivity contribution in [3.05, 3.63) is 34.4 Å². The molecule has 2 unspecified atom stereocenters. The van der Waals surface area contributed by atoms with Gasteiger partial charge in [0.25, 0.3) is 5.69 Å². The summed E-state index contributed by atoms with van der Waals surface area (Å²) < 4.78 is 32.3. The highest BCUT2D eigenvalue weighted by molar-refractivity contribution is 5.68. The molecule has 0 N–H and O–H groups in total. The number of nitro benzene ring substituents is 1. The Bertz CT molecular complexity index is 899. The van der Waals surface area contributed by atoms with Gasteiger partial charge in [-0.1, -0.05) is 0 Å². The zero-order valence-electron chi connectivity index (χ0n) is 18.2. The molecule has 1 aliphatic heterocycles. The van der Waals surface area contributed by atoms with Crippen molar-refractivity contribution in [2.45, 2.75) is 58.4 Å². The second-order valence-corrected chi connectivity index (χ2v) is 6.94. The molecule has 0 aromatic heterocycles. The summed E-state index contributed by atoms with van der Waals surface area (Å²) >= 11 is 0. The summed E-state index contributed by atoms with van der Waals surface area (Å²) in [5, 5.41) is 10.9. The molecule has 0 saturated carbocycles. The second-order valence-electron chi connectivity index (χ2n) is 6.94. The van der Waals surface area contributed by atoms with E-state index >= 15 is 0 Å². The summed E-state index contributed by atoms with van der Waals surface area (Å²) in [7, 11) is 0. The Kier molecular flexibility index (Phi) is 8.68. The van der Waals surface area contributed by atoms with Crippen molar-refractivity contribution in [2.24, 2.45) is 0 Å². The van der Waals surface area contributed by atoms with Crippen LogP contribution in [0.1, 0.15) is 27.7 Å². The molecule has 13 heteroatoms. The SMILES string of the molecule is CC(=O)OCC1O[C@H](Oc2ccc([N+](=O)[O-])cc2)[C@@H](OC(C)=O)C(OC(C)=O)[C@@H]1OC(C)=O. The Morgan fingerprint density at radius 3 is 1.85 bits per heavy atom. The van der Waals surface area contributed by atoms with Crippen molar-refractivity contribution in [3.8, 4) is 5.75 Å². The lowest BCUT2D eigenvalue weighted by atomic mass is 9.98. The zero-order chi connectivity index (χ0) is 24.7. The topological polar surface area (TPSA) is 167 Å². The monoisotopic (exact) mass is 469 g/mol. The van der Waals surface area contributed by atoms with Crippen molar-refractivity contribution in [1.29, 1.82) is 0 Å². The minimum atomic E-state index is -1.42. The Morgan fingerprint density at radius 2 is 1.36 bits per heavy atom. The number of carbonyl (C=O) groups excluding carboxylic acids is 4. The van der Waals surface area contributed by atoms with E-state index in [1.165, 1.54) is 24.3 Å². The van der Waals surface area contributed by atoms with Gasteiger partial charge in [-0.25, -0.2) is 0 Å². The number of nitro groups is 1. The molecule has 1 fully saturated rings. The van der Waals surface area contributed by atoms with Crippen molar-refractivity contribution in [1.82, 2.24) is 0 Å². The predicted octanol–water partition coefficient (Wildman–Crippen LogP) is 1.06. The first kappa shape index (κ1) is 25.5. The van der Waals surface area contributed by atoms with Crippen molar-refractivity contribution in [2.75, 3.05) is 6.61 Å². The fourth-order valence-corrected chi connectivity index (χ4v) is 3.06. The summed E-state index contributed by atoms with van der Waals surface area (Å²) in [6.45, 7) is 4.05. The van der Waals surface area contributed by atoms with Gasteiger partial charge in [0.05, 0.1) is 4.92 Å². The van der Waals surface area contributed by atoms with E-state index in [0.717, 1.165) is 27.7 Å². The largest absolute Gasteiger partial charge is 0.463 e. The van der Waals surface area contributed by atoms with Gasteiger partial charge < -0.3 is 28.4 Å². The van der Waals surface area contributed by atoms with Gasteiger partial charge in [0.1, 0.15) is 18.5 Å². The van der Waals surface area contributed by atoms with Crippen LogP contribution >= 0.6 is 0 Å². The lowest BCUT2D eigenvalue weighted by Gasteiger charge is -2.43. The molecule has 33 heavy (non-hydrogen) atoms. The minimum absolute atomic E-state index is 0.0986. The summed E-state index contributed by atoms with van der Waals surface area (Å²) in [5.41, 5.74) is -0.191. The Balaban J connectivity index is 2.43. The Hall–Kier alpha value is -3.74. The Labute approximate surface area is 188 Å². The maximum absolute atomic E-state index is 11.8. The maximum atomic E-state index is 11.8. The van der Waals surface area contributed by atoms with Gasteiger partial charge in [-0.05, 0) is 12.1 Å². The van der Waals surface area contributed by atoms with Crippen molar-refractivity contribution in [3.63, 3.8) is 0 Å². The van der Waals surface area contributed by atoms with Gasteiger partial charge in [-0.2, -0.15) is 0 Å². The first-order valence-corrected chi connectivity index (χ1v) is 9.69. The van der Waals surface area contributed by atoms with Crippen LogP contribution in [0.2, 0.25) is 0 Å². The number of nitrogens with zero attached hydrogens (tertiary/aromatic N) is 1. The summed E-state index contributed by atoms with van der Waals surface area (Å²) in [6, 6.07) is 4.93. The molecule has 180 valence electrons. The number of ether oxygens (including phenoxy) is 6. The molecule has 0 radical (unpaired) electrons. The van der Waals surface area contributed by atoms with E-state index in [0.29, 0.717) is 0 Å². The minimum Gasteiger partial charge on any atom is -0.463 e. The summed E-state index contributed by atoms with van der Waals surface area (Å²) in [4.78, 5) is 56.8. The van der Waals surface area contributed by atoms with Gasteiger partial charge in [-0.15, -0.1) is 0 Å². The lowest BCUT2D eigenvalue weighted by Crippen LogP contribution is -2.63. The molecule has 5 atom stereocenters. The first-order valence-electron chi connectivity index (χ1n) is 9.69. The molecule has 0 aliphatic carbocycles. The fraction of sp³-hybridized carbons (Fsp3) is 0.500. The van der Waals surface area contributed by atoms with Gasteiger partial charge in [0.15, 0.2) is 12.2 Å². The van der Waals surface area contributed by atoms with Crippen molar-refractivity contribution < 1.29 is 52.5 Å². The van der Waals surface area contributed by atoms with Crippen LogP contribution in [-0.2, 0) is 42.9 Å². The van der Waals surface area contributed by atoms with Crippen LogP contribution in [-0.4, -0.2) is 66.1 Å². The normalized spacial score (nSPS) is 24.2. The molecule has 0 bridgehead atoms. The molecule has 0 spiro atoms. The van der Waals surface area contributed by atoms with Crippen LogP contribution in [0, 0.1) is 10.1 Å². The van der Waals surface area contributed by atoms with Gasteiger partial charge >= 0.3 is 23.9 Å². The molecule has 1 aliphatic rings. The molecule has 1 heterocycles. The predicted molar refractivity (Wildman–Crippen MR) is 106 cm³/mol. The van der Waals surface area contributed by atoms with Crippen LogP contribution in [0.15, 0.2) is 24.3 Å². The summed E-state index contributed by atoms with van der Waals surface area (Å²) in [5.74, 6) is -2.87. The average molecular weight is 469 g/mol. The van der Waals surface area contributed by atoms with Crippen molar-refractivity contribution >= 4 is 29.6 Å². The molecule has 1 aromatic rings. The molecule has 13 nitrogen and oxygen atoms in total. The van der Waals surface area contributed by atoms with Crippen LogP contribution in [0.4, 0.5) is 5.69 Å². The number of benzene rings is 1. The number of hydrogen-bond acceptors (Lipinski definition) is 12. The third kappa shape index (κ3) is 7.42. The first-order chi connectivity index (χ1) is 15.5. The zero-order valence-corrected chi connectivity index (χ0v) is 18.2. The van der Waals surface area contributed by atoms with Crippen LogP contribution < -0.4 is 4.74 Å². The van der Waals surface area contributed by atoms with Crippen LogP contribution in [0.5, 0.6) is 5.75 Å². The standard InChI is InChI=1S/C20H23NO12/c1-10(22)28-9-16-17(29-11(2)23)18(30-12(3)24)19(31-13(4)25)20(33-16)32-15-7-5-14(6-8-15)21(26)27/h5-8,16-20H,9H2,1-4H3/t16?,17-,18?,19+,20+/m1/s1. The summed E-state index contributed by atoms with van der Waals surface area (Å²) in [6.07, 6.45) is -6.69. The molecule has 1 saturated heterocycles. The number of hydrogen-bond donors (Lipinski definition) is 0. The molecular formula is C20H23NO12. The van der Waals surface area contributed by atoms with E-state index in [1.54, 1.807) is 0 Å². The van der Waals surface area contributed by atoms with Gasteiger partial charge in [-0.3, -0.25) is 29.3 Å². The average Bonchev–Trinajstić information content (AvgIpc) is 2.70. The highest BCUT2D eigenvalue weighted by Crippen LogP contribution is 2.31. The number of carbonyl (C=O) groups is 4. The highest BCUT2D eigenvalue weighted by atomic mass is 16.7. The smallest absolute Gasteiger partial charge is 0.303 e. The van der Waals surface area contributed by atoms with E-state index in [1.807, 2.05) is 0 Å². The number of non-ortho nitro benzene ring substituents is 1. The molecule has 2 rings (SSSR count). The maximum Gasteiger partial charge on any atom is 0.303 e. The highest BCUT2D eigenvalue weighted by Gasteiger charge is 2.53. The lowest BCUT2D eigenvalue weighted by molar-refractivity contribution is -0.384. The van der Waals surface area contributed by atoms with E-state index < -0.39 is 66.1 Å². The number of rotatable bonds is 8. The Morgan fingerprint density at radius 1 is 0.848 bits per heavy atom. The fourth-order valence-electron chi connectivity index (χ4n) is 3.06. The van der Waals surface area contributed by atoms with E-state index in [-0.39, 0.29) is 11.4 Å². The second kappa shape index (κ2) is 11.2. The molecular weight excluding hydrogens is 446 g/mol. The quantitative estimate of drug-likeness (QED) is 0.230. The molecule has 0 amide bonds. The third-order valence-electron chi connectivity index (χ3n) is 4.25. The third-order valence-corrected chi connectivity index (χ3v) is 4.25.